The zero-order valence-corrected chi connectivity index (χ0v) is 16.8. The molecule has 0 fully saturated rings. The maximum absolute atomic E-state index is 12.5. The molecule has 2 aromatic carbocycles. The third kappa shape index (κ3) is 4.51. The minimum atomic E-state index is -0.970. The van der Waals surface area contributed by atoms with Gasteiger partial charge in [-0.2, -0.15) is 0 Å². The molecule has 3 aromatic rings. The molecule has 1 heterocycles. The van der Waals surface area contributed by atoms with E-state index in [1.807, 2.05) is 24.3 Å². The molecular weight excluding hydrogens is 374 g/mol. The molecule has 0 saturated carbocycles. The number of hydrogen-bond acceptors (Lipinski definition) is 6. The maximum atomic E-state index is 12.5. The Morgan fingerprint density at radius 2 is 1.69 bits per heavy atom. The van der Waals surface area contributed by atoms with Crippen molar-refractivity contribution in [2.75, 3.05) is 14.2 Å². The molecule has 29 heavy (non-hydrogen) atoms. The number of carbonyl (C=O) groups is 2. The number of esters is 1. The van der Waals surface area contributed by atoms with E-state index in [9.17, 15) is 9.59 Å². The predicted octanol–water partition coefficient (Wildman–Crippen LogP) is 3.62. The van der Waals surface area contributed by atoms with Gasteiger partial charge in [0.25, 0.3) is 5.91 Å². The number of methoxy groups -OCH3 is 2. The summed E-state index contributed by atoms with van der Waals surface area (Å²) in [6, 6.07) is 12.6. The third-order valence-electron chi connectivity index (χ3n) is 4.61. The first-order valence-corrected chi connectivity index (χ1v) is 9.11. The Morgan fingerprint density at radius 1 is 1.03 bits per heavy atom. The van der Waals surface area contributed by atoms with E-state index in [-0.39, 0.29) is 5.76 Å². The lowest BCUT2D eigenvalue weighted by Gasteiger charge is -2.13. The maximum Gasteiger partial charge on any atom is 0.375 e. The molecule has 7 heteroatoms. The number of amides is 1. The third-order valence-corrected chi connectivity index (χ3v) is 4.61. The first kappa shape index (κ1) is 20.3. The van der Waals surface area contributed by atoms with Crippen molar-refractivity contribution < 1.29 is 28.2 Å². The Morgan fingerprint density at radius 3 is 2.34 bits per heavy atom. The van der Waals surface area contributed by atoms with Gasteiger partial charge in [0, 0.05) is 17.5 Å². The van der Waals surface area contributed by atoms with E-state index < -0.39 is 18.0 Å². The van der Waals surface area contributed by atoms with E-state index in [0.717, 1.165) is 16.7 Å². The van der Waals surface area contributed by atoms with Crippen LogP contribution in [0.15, 0.2) is 46.9 Å². The molecular formula is C22H23NO6. The summed E-state index contributed by atoms with van der Waals surface area (Å²) in [5.74, 6) is 0.381. The second-order valence-electron chi connectivity index (χ2n) is 6.53. The van der Waals surface area contributed by atoms with E-state index in [1.165, 1.54) is 6.92 Å². The van der Waals surface area contributed by atoms with Crippen LogP contribution in [-0.2, 0) is 16.1 Å². The van der Waals surface area contributed by atoms with Crippen molar-refractivity contribution in [3.63, 3.8) is 0 Å². The normalized spacial score (nSPS) is 11.7. The topological polar surface area (TPSA) is 87.0 Å². The summed E-state index contributed by atoms with van der Waals surface area (Å²) >= 11 is 0. The van der Waals surface area contributed by atoms with E-state index in [0.29, 0.717) is 23.4 Å². The van der Waals surface area contributed by atoms with Crippen molar-refractivity contribution in [3.8, 4) is 11.5 Å². The zero-order chi connectivity index (χ0) is 21.0. The van der Waals surface area contributed by atoms with Gasteiger partial charge in [-0.15, -0.1) is 0 Å². The van der Waals surface area contributed by atoms with Gasteiger partial charge in [-0.05, 0) is 49.7 Å². The molecule has 152 valence electrons. The first-order chi connectivity index (χ1) is 13.9. The highest BCUT2D eigenvalue weighted by molar-refractivity contribution is 5.97. The van der Waals surface area contributed by atoms with Crippen LogP contribution >= 0.6 is 0 Å². The molecule has 1 amide bonds. The fourth-order valence-electron chi connectivity index (χ4n) is 2.87. The van der Waals surface area contributed by atoms with Crippen LogP contribution in [0.2, 0.25) is 0 Å². The molecule has 0 aliphatic carbocycles. The summed E-state index contributed by atoms with van der Waals surface area (Å²) in [5, 5.41) is 3.50. The lowest BCUT2D eigenvalue weighted by Crippen LogP contribution is -2.35. The van der Waals surface area contributed by atoms with E-state index >= 15 is 0 Å². The molecule has 3 rings (SSSR count). The number of aryl methyl sites for hydroxylation is 1. The fraction of sp³-hybridized carbons (Fsp3) is 0.273. The summed E-state index contributed by atoms with van der Waals surface area (Å²) in [7, 11) is 3.16. The minimum absolute atomic E-state index is 0.0723. The number of rotatable bonds is 7. The molecule has 0 unspecified atom stereocenters. The largest absolute Gasteiger partial charge is 0.497 e. The van der Waals surface area contributed by atoms with Gasteiger partial charge in [0.1, 0.15) is 17.1 Å². The highest BCUT2D eigenvalue weighted by atomic mass is 16.6. The molecule has 0 bridgehead atoms. The number of hydrogen-bond donors (Lipinski definition) is 1. The Hall–Kier alpha value is -3.48. The summed E-state index contributed by atoms with van der Waals surface area (Å²) in [6.07, 6.45) is -0.970. The number of nitrogens with one attached hydrogen (secondary N) is 1. The van der Waals surface area contributed by atoms with Crippen LogP contribution in [0.1, 0.15) is 28.6 Å². The van der Waals surface area contributed by atoms with Gasteiger partial charge < -0.3 is 23.9 Å². The second kappa shape index (κ2) is 8.68. The molecule has 0 saturated heterocycles. The summed E-state index contributed by atoms with van der Waals surface area (Å²) in [5.41, 5.74) is 2.08. The molecule has 0 spiro atoms. The Labute approximate surface area is 168 Å². The fourth-order valence-corrected chi connectivity index (χ4v) is 2.87. The standard InChI is InChI=1S/C22H23NO6/c1-13-18-11-17(27-4)9-10-19(18)29-20(13)22(25)28-14(2)21(24)23-12-15-5-7-16(26-3)8-6-15/h5-11,14H,12H2,1-4H3,(H,23,24)/t14-/m0/s1. The average Bonchev–Trinajstić information content (AvgIpc) is 3.08. The summed E-state index contributed by atoms with van der Waals surface area (Å²) < 4.78 is 21.2. The van der Waals surface area contributed by atoms with Crippen LogP contribution in [0, 0.1) is 6.92 Å². The van der Waals surface area contributed by atoms with Gasteiger partial charge in [-0.3, -0.25) is 4.79 Å². The number of fused-ring (bicyclic) bond motifs is 1. The summed E-state index contributed by atoms with van der Waals surface area (Å²) in [6.45, 7) is 3.59. The van der Waals surface area contributed by atoms with Crippen molar-refractivity contribution in [1.82, 2.24) is 5.32 Å². The Balaban J connectivity index is 1.62. The van der Waals surface area contributed by atoms with Crippen LogP contribution in [0.3, 0.4) is 0 Å². The molecule has 7 nitrogen and oxygen atoms in total. The lowest BCUT2D eigenvalue weighted by molar-refractivity contribution is -0.129. The van der Waals surface area contributed by atoms with Crippen molar-refractivity contribution in [2.24, 2.45) is 0 Å². The van der Waals surface area contributed by atoms with Crippen molar-refractivity contribution in [3.05, 3.63) is 59.4 Å². The molecule has 1 aromatic heterocycles. The SMILES string of the molecule is COc1ccc(CNC(=O)[C@H](C)OC(=O)c2oc3ccc(OC)cc3c2C)cc1. The van der Waals surface area contributed by atoms with Gasteiger partial charge in [0.15, 0.2) is 6.10 Å². The van der Waals surface area contributed by atoms with Gasteiger partial charge in [-0.1, -0.05) is 12.1 Å². The van der Waals surface area contributed by atoms with E-state index in [4.69, 9.17) is 18.6 Å². The van der Waals surface area contributed by atoms with Gasteiger partial charge in [-0.25, -0.2) is 4.79 Å². The molecule has 1 N–H and O–H groups in total. The van der Waals surface area contributed by atoms with Gasteiger partial charge >= 0.3 is 5.97 Å². The highest BCUT2D eigenvalue weighted by Crippen LogP contribution is 2.29. The lowest BCUT2D eigenvalue weighted by atomic mass is 10.1. The first-order valence-electron chi connectivity index (χ1n) is 9.11. The smallest absolute Gasteiger partial charge is 0.375 e. The quantitative estimate of drug-likeness (QED) is 0.613. The van der Waals surface area contributed by atoms with Gasteiger partial charge in [0.05, 0.1) is 14.2 Å². The van der Waals surface area contributed by atoms with E-state index in [1.54, 1.807) is 39.3 Å². The minimum Gasteiger partial charge on any atom is -0.497 e. The van der Waals surface area contributed by atoms with Crippen molar-refractivity contribution >= 4 is 22.8 Å². The number of benzene rings is 2. The van der Waals surface area contributed by atoms with Crippen LogP contribution in [0.25, 0.3) is 11.0 Å². The van der Waals surface area contributed by atoms with Crippen LogP contribution in [0.4, 0.5) is 0 Å². The van der Waals surface area contributed by atoms with Crippen LogP contribution < -0.4 is 14.8 Å². The molecule has 0 aliphatic rings. The Bertz CT molecular complexity index is 1020. The molecule has 0 radical (unpaired) electrons. The highest BCUT2D eigenvalue weighted by Gasteiger charge is 2.24. The van der Waals surface area contributed by atoms with Crippen molar-refractivity contribution in [2.45, 2.75) is 26.5 Å². The van der Waals surface area contributed by atoms with Crippen LogP contribution in [0.5, 0.6) is 11.5 Å². The average molecular weight is 397 g/mol. The van der Waals surface area contributed by atoms with Crippen LogP contribution in [-0.4, -0.2) is 32.2 Å². The number of furan rings is 1. The zero-order valence-electron chi connectivity index (χ0n) is 16.8. The Kier molecular flexibility index (Phi) is 6.07. The molecule has 1 atom stereocenters. The van der Waals surface area contributed by atoms with E-state index in [2.05, 4.69) is 5.32 Å². The monoisotopic (exact) mass is 397 g/mol. The number of carbonyl (C=O) groups excluding carboxylic acids is 2. The summed E-state index contributed by atoms with van der Waals surface area (Å²) in [4.78, 5) is 24.8. The van der Waals surface area contributed by atoms with Gasteiger partial charge in [0.2, 0.25) is 5.76 Å². The number of ether oxygens (including phenoxy) is 3. The predicted molar refractivity (Wildman–Crippen MR) is 107 cm³/mol. The van der Waals surface area contributed by atoms with Crippen molar-refractivity contribution in [1.29, 1.82) is 0 Å². The molecule has 0 aliphatic heterocycles. The second-order valence-corrected chi connectivity index (χ2v) is 6.53.